The van der Waals surface area contributed by atoms with Gasteiger partial charge in [-0.25, -0.2) is 9.59 Å². The minimum absolute atomic E-state index is 0.132. The molecule has 0 aliphatic heterocycles. The molecule has 108 valence electrons. The highest BCUT2D eigenvalue weighted by Crippen LogP contribution is 2.23. The van der Waals surface area contributed by atoms with E-state index in [1.54, 1.807) is 18.3 Å². The van der Waals surface area contributed by atoms with Crippen molar-refractivity contribution in [2.45, 2.75) is 6.54 Å². The summed E-state index contributed by atoms with van der Waals surface area (Å²) in [5, 5.41) is 21.6. The molecular formula is C13H11BrN4O3. The van der Waals surface area contributed by atoms with Crippen LogP contribution in [0, 0.1) is 0 Å². The van der Waals surface area contributed by atoms with Crippen LogP contribution < -0.4 is 10.6 Å². The SMILES string of the molecule is O=C(NCc1cccnn1)Nc1ccc(C(=O)O)cc1Br. The number of nitrogens with one attached hydrogen (secondary N) is 2. The zero-order valence-electron chi connectivity index (χ0n) is 10.7. The zero-order valence-corrected chi connectivity index (χ0v) is 12.3. The van der Waals surface area contributed by atoms with E-state index < -0.39 is 12.0 Å². The summed E-state index contributed by atoms with van der Waals surface area (Å²) in [6.07, 6.45) is 1.55. The van der Waals surface area contributed by atoms with Crippen molar-refractivity contribution in [1.29, 1.82) is 0 Å². The lowest BCUT2D eigenvalue weighted by Gasteiger charge is -2.09. The Morgan fingerprint density at radius 3 is 2.71 bits per heavy atom. The molecule has 2 amide bonds. The number of carboxylic acid groups (broad SMARTS) is 1. The molecule has 0 aliphatic carbocycles. The van der Waals surface area contributed by atoms with Crippen molar-refractivity contribution in [3.8, 4) is 0 Å². The predicted octanol–water partition coefficient (Wildman–Crippen LogP) is 2.26. The Kier molecular flexibility index (Phi) is 4.83. The van der Waals surface area contributed by atoms with E-state index in [0.717, 1.165) is 0 Å². The van der Waals surface area contributed by atoms with Gasteiger partial charge in [0.2, 0.25) is 0 Å². The van der Waals surface area contributed by atoms with Crippen molar-refractivity contribution < 1.29 is 14.7 Å². The van der Waals surface area contributed by atoms with Gasteiger partial charge in [-0.2, -0.15) is 10.2 Å². The standard InChI is InChI=1S/C13H11BrN4O3/c14-10-6-8(12(19)20)3-4-11(10)17-13(21)15-7-9-2-1-5-16-18-9/h1-6H,7H2,(H,19,20)(H2,15,17,21). The number of aromatic carboxylic acids is 1. The number of anilines is 1. The average molecular weight is 351 g/mol. The van der Waals surface area contributed by atoms with E-state index in [-0.39, 0.29) is 12.1 Å². The molecule has 0 fully saturated rings. The van der Waals surface area contributed by atoms with Crippen molar-refractivity contribution in [3.63, 3.8) is 0 Å². The van der Waals surface area contributed by atoms with E-state index in [2.05, 4.69) is 36.8 Å². The molecule has 21 heavy (non-hydrogen) atoms. The smallest absolute Gasteiger partial charge is 0.335 e. The number of benzene rings is 1. The summed E-state index contributed by atoms with van der Waals surface area (Å²) in [6, 6.07) is 7.37. The number of aromatic nitrogens is 2. The maximum Gasteiger partial charge on any atom is 0.335 e. The number of amides is 2. The number of carboxylic acids is 1. The molecule has 0 radical (unpaired) electrons. The van der Waals surface area contributed by atoms with Gasteiger partial charge in [-0.15, -0.1) is 0 Å². The first kappa shape index (κ1) is 14.9. The number of carbonyl (C=O) groups excluding carboxylic acids is 1. The first-order chi connectivity index (χ1) is 10.1. The Bertz CT molecular complexity index is 664. The Morgan fingerprint density at radius 1 is 1.29 bits per heavy atom. The van der Waals surface area contributed by atoms with E-state index >= 15 is 0 Å². The molecule has 0 spiro atoms. The van der Waals surface area contributed by atoms with Gasteiger partial charge in [0.05, 0.1) is 23.5 Å². The van der Waals surface area contributed by atoms with Crippen LogP contribution in [0.15, 0.2) is 41.0 Å². The van der Waals surface area contributed by atoms with E-state index in [1.165, 1.54) is 18.2 Å². The quantitative estimate of drug-likeness (QED) is 0.784. The largest absolute Gasteiger partial charge is 0.478 e. The number of urea groups is 1. The monoisotopic (exact) mass is 350 g/mol. The summed E-state index contributed by atoms with van der Waals surface area (Å²) in [6.45, 7) is 0.241. The van der Waals surface area contributed by atoms with Crippen LogP contribution in [-0.4, -0.2) is 27.3 Å². The van der Waals surface area contributed by atoms with Gasteiger partial charge in [0.25, 0.3) is 0 Å². The minimum Gasteiger partial charge on any atom is -0.478 e. The molecule has 7 nitrogen and oxygen atoms in total. The van der Waals surface area contributed by atoms with Crippen LogP contribution in [0.5, 0.6) is 0 Å². The van der Waals surface area contributed by atoms with Crippen molar-refractivity contribution in [2.75, 3.05) is 5.32 Å². The minimum atomic E-state index is -1.03. The van der Waals surface area contributed by atoms with Crippen LogP contribution in [-0.2, 0) is 6.54 Å². The Balaban J connectivity index is 1.95. The summed E-state index contributed by atoms with van der Waals surface area (Å²) in [5.41, 5.74) is 1.23. The fourth-order valence-corrected chi connectivity index (χ4v) is 1.99. The molecule has 1 heterocycles. The molecule has 0 saturated heterocycles. The molecule has 0 bridgehead atoms. The third-order valence-electron chi connectivity index (χ3n) is 2.52. The summed E-state index contributed by atoms with van der Waals surface area (Å²) < 4.78 is 0.483. The lowest BCUT2D eigenvalue weighted by atomic mass is 10.2. The van der Waals surface area contributed by atoms with Gasteiger partial charge in [0.1, 0.15) is 0 Å². The summed E-state index contributed by atoms with van der Waals surface area (Å²) in [5.74, 6) is -1.03. The van der Waals surface area contributed by atoms with Gasteiger partial charge in [-0.1, -0.05) is 0 Å². The molecule has 0 unspecified atom stereocenters. The van der Waals surface area contributed by atoms with Crippen molar-refractivity contribution in [1.82, 2.24) is 15.5 Å². The molecule has 0 aliphatic rings. The lowest BCUT2D eigenvalue weighted by molar-refractivity contribution is 0.0697. The fraction of sp³-hybridized carbons (Fsp3) is 0.0769. The summed E-state index contributed by atoms with van der Waals surface area (Å²) >= 11 is 3.21. The van der Waals surface area contributed by atoms with Crippen molar-refractivity contribution in [3.05, 3.63) is 52.3 Å². The van der Waals surface area contributed by atoms with Gasteiger partial charge < -0.3 is 15.7 Å². The maximum absolute atomic E-state index is 11.7. The molecule has 0 saturated carbocycles. The average Bonchev–Trinajstić information content (AvgIpc) is 2.48. The zero-order chi connectivity index (χ0) is 15.2. The highest BCUT2D eigenvalue weighted by atomic mass is 79.9. The first-order valence-corrected chi connectivity index (χ1v) is 6.70. The van der Waals surface area contributed by atoms with Crippen LogP contribution in [0.2, 0.25) is 0 Å². The first-order valence-electron chi connectivity index (χ1n) is 5.90. The second kappa shape index (κ2) is 6.80. The van der Waals surface area contributed by atoms with E-state index in [9.17, 15) is 9.59 Å². The van der Waals surface area contributed by atoms with Crippen LogP contribution >= 0.6 is 15.9 Å². The van der Waals surface area contributed by atoms with Crippen LogP contribution in [0.1, 0.15) is 16.1 Å². The highest BCUT2D eigenvalue weighted by molar-refractivity contribution is 9.10. The number of nitrogens with zero attached hydrogens (tertiary/aromatic N) is 2. The maximum atomic E-state index is 11.7. The third-order valence-corrected chi connectivity index (χ3v) is 3.18. The summed E-state index contributed by atoms with van der Waals surface area (Å²) in [7, 11) is 0. The van der Waals surface area contributed by atoms with Crippen molar-refractivity contribution in [2.24, 2.45) is 0 Å². The Labute approximate surface area is 128 Å². The van der Waals surface area contributed by atoms with E-state index in [4.69, 9.17) is 5.11 Å². The molecule has 0 atom stereocenters. The van der Waals surface area contributed by atoms with Gasteiger partial charge in [-0.3, -0.25) is 0 Å². The molecule has 1 aromatic heterocycles. The van der Waals surface area contributed by atoms with Crippen LogP contribution in [0.4, 0.5) is 10.5 Å². The van der Waals surface area contributed by atoms with Gasteiger partial charge in [0.15, 0.2) is 0 Å². The van der Waals surface area contributed by atoms with Gasteiger partial charge in [0, 0.05) is 10.7 Å². The fourth-order valence-electron chi connectivity index (χ4n) is 1.51. The molecule has 2 rings (SSSR count). The molecular weight excluding hydrogens is 340 g/mol. The second-order valence-electron chi connectivity index (χ2n) is 4.02. The van der Waals surface area contributed by atoms with E-state index in [1.807, 2.05) is 0 Å². The topological polar surface area (TPSA) is 104 Å². The number of carbonyl (C=O) groups is 2. The molecule has 3 N–H and O–H groups in total. The Morgan fingerprint density at radius 2 is 2.10 bits per heavy atom. The molecule has 8 heteroatoms. The summed E-state index contributed by atoms with van der Waals surface area (Å²) in [4.78, 5) is 22.6. The predicted molar refractivity (Wildman–Crippen MR) is 79.0 cm³/mol. The number of hydrogen-bond acceptors (Lipinski definition) is 4. The van der Waals surface area contributed by atoms with Gasteiger partial charge >= 0.3 is 12.0 Å². The lowest BCUT2D eigenvalue weighted by Crippen LogP contribution is -2.28. The number of hydrogen-bond donors (Lipinski definition) is 3. The number of rotatable bonds is 4. The normalized spacial score (nSPS) is 9.95. The van der Waals surface area contributed by atoms with Gasteiger partial charge in [-0.05, 0) is 46.3 Å². The second-order valence-corrected chi connectivity index (χ2v) is 4.88. The Hall–Kier alpha value is -2.48. The highest BCUT2D eigenvalue weighted by Gasteiger charge is 2.09. The molecule has 1 aromatic carbocycles. The van der Waals surface area contributed by atoms with Crippen molar-refractivity contribution >= 4 is 33.6 Å². The van der Waals surface area contributed by atoms with E-state index in [0.29, 0.717) is 15.9 Å². The third kappa shape index (κ3) is 4.25. The van der Waals surface area contributed by atoms with Crippen LogP contribution in [0.3, 0.4) is 0 Å². The number of halogens is 1. The van der Waals surface area contributed by atoms with Crippen LogP contribution in [0.25, 0.3) is 0 Å². The molecule has 2 aromatic rings.